The second kappa shape index (κ2) is 67.1. The standard InChI is InChI=1S/C71H139NO5/c1-3-5-7-9-11-13-15-17-19-21-23-24-25-26-28-31-35-39-43-47-51-55-59-63-69(74)68(67-73)72-70(75)64-60-56-52-48-44-40-36-32-29-30-34-38-42-46-50-54-58-62-66-77-71(76)65-61-57-53-49-45-41-37-33-27-22-20-18-16-14-12-10-8-6-4-2/h59,63,68-69,73-74H,3-58,60-62,64-67H2,1-2H3,(H,72,75)/b63-59+. The van der Waals surface area contributed by atoms with Crippen molar-refractivity contribution in [3.8, 4) is 0 Å². The SMILES string of the molecule is CCCCCCCCCCCCCCCCCCCCCCC/C=C/C(O)C(CO)NC(=O)CCCCCCCCCCCCCCCCCCCCOC(=O)CCCCCCCCCCCCCCCCCCCCC. The second-order valence-electron chi connectivity index (χ2n) is 24.6. The van der Waals surface area contributed by atoms with Gasteiger partial charge in [0.2, 0.25) is 5.91 Å². The lowest BCUT2D eigenvalue weighted by Gasteiger charge is -2.20. The molecule has 0 heterocycles. The van der Waals surface area contributed by atoms with Crippen molar-refractivity contribution in [2.24, 2.45) is 0 Å². The van der Waals surface area contributed by atoms with Crippen molar-refractivity contribution in [3.05, 3.63) is 12.2 Å². The molecule has 0 aromatic carbocycles. The topological polar surface area (TPSA) is 95.9 Å². The van der Waals surface area contributed by atoms with Gasteiger partial charge in [0.15, 0.2) is 0 Å². The van der Waals surface area contributed by atoms with E-state index in [0.29, 0.717) is 19.4 Å². The van der Waals surface area contributed by atoms with Crippen LogP contribution in [0.3, 0.4) is 0 Å². The maximum Gasteiger partial charge on any atom is 0.305 e. The molecule has 0 spiro atoms. The monoisotopic (exact) mass is 1090 g/mol. The molecular formula is C71H139NO5. The summed E-state index contributed by atoms with van der Waals surface area (Å²) in [5.74, 6) is -0.0542. The predicted octanol–water partition coefficient (Wildman–Crippen LogP) is 22.8. The average Bonchev–Trinajstić information content (AvgIpc) is 3.43. The van der Waals surface area contributed by atoms with Gasteiger partial charge in [-0.3, -0.25) is 9.59 Å². The van der Waals surface area contributed by atoms with Gasteiger partial charge in [-0.15, -0.1) is 0 Å². The van der Waals surface area contributed by atoms with Crippen LogP contribution >= 0.6 is 0 Å². The lowest BCUT2D eigenvalue weighted by atomic mass is 10.0. The molecule has 0 radical (unpaired) electrons. The first kappa shape index (κ1) is 75.6. The van der Waals surface area contributed by atoms with E-state index >= 15 is 0 Å². The van der Waals surface area contributed by atoms with Gasteiger partial charge >= 0.3 is 5.97 Å². The highest BCUT2D eigenvalue weighted by atomic mass is 16.5. The molecule has 6 nitrogen and oxygen atoms in total. The number of rotatable bonds is 67. The first-order valence-electron chi connectivity index (χ1n) is 35.5. The van der Waals surface area contributed by atoms with Gasteiger partial charge in [-0.1, -0.05) is 373 Å². The van der Waals surface area contributed by atoms with E-state index in [0.717, 1.165) is 38.5 Å². The maximum absolute atomic E-state index is 12.5. The fourth-order valence-corrected chi connectivity index (χ4v) is 11.4. The zero-order chi connectivity index (χ0) is 55.7. The van der Waals surface area contributed by atoms with Gasteiger partial charge in [-0.25, -0.2) is 0 Å². The minimum Gasteiger partial charge on any atom is -0.466 e. The van der Waals surface area contributed by atoms with Crippen LogP contribution in [0.15, 0.2) is 12.2 Å². The van der Waals surface area contributed by atoms with E-state index in [9.17, 15) is 19.8 Å². The quantitative estimate of drug-likeness (QED) is 0.0320. The Morgan fingerprint density at radius 1 is 0.351 bits per heavy atom. The number of carbonyl (C=O) groups is 2. The molecule has 77 heavy (non-hydrogen) atoms. The predicted molar refractivity (Wildman–Crippen MR) is 338 cm³/mol. The van der Waals surface area contributed by atoms with E-state index in [2.05, 4.69) is 19.2 Å². The van der Waals surface area contributed by atoms with Crippen molar-refractivity contribution < 1.29 is 24.5 Å². The number of nitrogens with one attached hydrogen (secondary N) is 1. The lowest BCUT2D eigenvalue weighted by molar-refractivity contribution is -0.143. The summed E-state index contributed by atoms with van der Waals surface area (Å²) in [5.41, 5.74) is 0. The van der Waals surface area contributed by atoms with Gasteiger partial charge in [-0.05, 0) is 32.1 Å². The number of aliphatic hydroxyl groups is 2. The van der Waals surface area contributed by atoms with Crippen LogP contribution < -0.4 is 5.32 Å². The maximum atomic E-state index is 12.5. The number of unbranched alkanes of at least 4 members (excludes halogenated alkanes) is 56. The number of hydrogen-bond donors (Lipinski definition) is 3. The Balaban J connectivity index is 3.40. The first-order chi connectivity index (χ1) is 38.0. The molecule has 0 rings (SSSR count). The Kier molecular flexibility index (Phi) is 65.9. The molecule has 0 saturated heterocycles. The molecule has 0 aromatic rings. The molecule has 0 bridgehead atoms. The highest BCUT2D eigenvalue weighted by molar-refractivity contribution is 5.76. The summed E-state index contributed by atoms with van der Waals surface area (Å²) < 4.78 is 5.51. The fraction of sp³-hybridized carbons (Fsp3) is 0.944. The summed E-state index contributed by atoms with van der Waals surface area (Å²) in [6.45, 7) is 4.95. The van der Waals surface area contributed by atoms with Crippen molar-refractivity contribution in [3.63, 3.8) is 0 Å². The second-order valence-corrected chi connectivity index (χ2v) is 24.6. The van der Waals surface area contributed by atoms with Gasteiger partial charge in [0.05, 0.1) is 25.4 Å². The van der Waals surface area contributed by atoms with Gasteiger partial charge < -0.3 is 20.3 Å². The number of hydrogen-bond acceptors (Lipinski definition) is 5. The summed E-state index contributed by atoms with van der Waals surface area (Å²) in [4.78, 5) is 24.7. The molecule has 3 N–H and O–H groups in total. The van der Waals surface area contributed by atoms with Crippen molar-refractivity contribution >= 4 is 11.9 Å². The highest BCUT2D eigenvalue weighted by Crippen LogP contribution is 2.19. The lowest BCUT2D eigenvalue weighted by Crippen LogP contribution is -2.45. The summed E-state index contributed by atoms with van der Waals surface area (Å²) in [7, 11) is 0. The largest absolute Gasteiger partial charge is 0.466 e. The smallest absolute Gasteiger partial charge is 0.305 e. The zero-order valence-electron chi connectivity index (χ0n) is 52.5. The number of allylic oxidation sites excluding steroid dienone is 1. The molecule has 6 heteroatoms. The van der Waals surface area contributed by atoms with Gasteiger partial charge in [0.1, 0.15) is 0 Å². The van der Waals surface area contributed by atoms with Crippen molar-refractivity contribution in [2.45, 2.75) is 418 Å². The van der Waals surface area contributed by atoms with E-state index in [1.165, 1.54) is 340 Å². The van der Waals surface area contributed by atoms with Crippen LogP contribution in [0.25, 0.3) is 0 Å². The van der Waals surface area contributed by atoms with Crippen LogP contribution in [0.2, 0.25) is 0 Å². The fourth-order valence-electron chi connectivity index (χ4n) is 11.4. The Bertz CT molecular complexity index is 1160. The number of aliphatic hydroxyl groups excluding tert-OH is 2. The third-order valence-electron chi connectivity index (χ3n) is 16.8. The van der Waals surface area contributed by atoms with Crippen molar-refractivity contribution in [1.82, 2.24) is 5.32 Å². The molecule has 0 aliphatic carbocycles. The van der Waals surface area contributed by atoms with Crippen LogP contribution in [-0.2, 0) is 14.3 Å². The Morgan fingerprint density at radius 3 is 0.883 bits per heavy atom. The third kappa shape index (κ3) is 63.6. The van der Waals surface area contributed by atoms with Crippen LogP contribution in [0, 0.1) is 0 Å². The normalized spacial score (nSPS) is 12.5. The summed E-state index contributed by atoms with van der Waals surface area (Å²) in [6, 6.07) is -0.632. The molecule has 2 atom stereocenters. The van der Waals surface area contributed by atoms with Gasteiger partial charge in [-0.2, -0.15) is 0 Å². The van der Waals surface area contributed by atoms with E-state index in [1.54, 1.807) is 6.08 Å². The van der Waals surface area contributed by atoms with Crippen LogP contribution in [0.4, 0.5) is 0 Å². The molecule has 0 fully saturated rings. The molecular weight excluding hydrogens is 947 g/mol. The Hall–Kier alpha value is -1.40. The number of esters is 1. The summed E-state index contributed by atoms with van der Waals surface area (Å²) in [5, 5.41) is 23.3. The average molecular weight is 1090 g/mol. The minimum atomic E-state index is -0.848. The van der Waals surface area contributed by atoms with Crippen molar-refractivity contribution in [2.75, 3.05) is 13.2 Å². The van der Waals surface area contributed by atoms with Crippen LogP contribution in [0.5, 0.6) is 0 Å². The van der Waals surface area contributed by atoms with Crippen LogP contribution in [0.1, 0.15) is 406 Å². The molecule has 1 amide bonds. The number of carbonyl (C=O) groups excluding carboxylic acids is 2. The van der Waals surface area contributed by atoms with Crippen molar-refractivity contribution in [1.29, 1.82) is 0 Å². The third-order valence-corrected chi connectivity index (χ3v) is 16.8. The molecule has 2 unspecified atom stereocenters. The van der Waals surface area contributed by atoms with Gasteiger partial charge in [0, 0.05) is 12.8 Å². The Morgan fingerprint density at radius 2 is 0.597 bits per heavy atom. The first-order valence-corrected chi connectivity index (χ1v) is 35.5. The van der Waals surface area contributed by atoms with E-state index < -0.39 is 12.1 Å². The van der Waals surface area contributed by atoms with E-state index in [-0.39, 0.29) is 18.5 Å². The van der Waals surface area contributed by atoms with Gasteiger partial charge in [0.25, 0.3) is 0 Å². The van der Waals surface area contributed by atoms with E-state index in [4.69, 9.17) is 4.74 Å². The number of amides is 1. The molecule has 0 saturated carbocycles. The van der Waals surface area contributed by atoms with E-state index in [1.807, 2.05) is 6.08 Å². The highest BCUT2D eigenvalue weighted by Gasteiger charge is 2.18. The molecule has 0 aliphatic rings. The molecule has 0 aromatic heterocycles. The Labute approximate surface area is 482 Å². The summed E-state index contributed by atoms with van der Waals surface area (Å²) in [6.07, 6.45) is 82.8. The molecule has 0 aliphatic heterocycles. The minimum absolute atomic E-state index is 0.0127. The zero-order valence-corrected chi connectivity index (χ0v) is 52.5. The molecule has 458 valence electrons. The van der Waals surface area contributed by atoms with Crippen LogP contribution in [-0.4, -0.2) is 47.4 Å². The number of ether oxygens (including phenoxy) is 1. The summed E-state index contributed by atoms with van der Waals surface area (Å²) >= 11 is 0.